The first-order chi connectivity index (χ1) is 11.3. The Morgan fingerprint density at radius 2 is 2.17 bits per heavy atom. The summed E-state index contributed by atoms with van der Waals surface area (Å²) in [6, 6.07) is 8.36. The number of nitrogens with zero attached hydrogens (tertiary/aromatic N) is 2. The van der Waals surface area contributed by atoms with Crippen molar-refractivity contribution in [3.8, 4) is 0 Å². The zero-order valence-corrected chi connectivity index (χ0v) is 16.8. The van der Waals surface area contributed by atoms with Gasteiger partial charge >= 0.3 is 0 Å². The topological polar surface area (TPSA) is 66.8 Å². The Bertz CT molecular complexity index is 594. The third kappa shape index (κ3) is 5.49. The minimum absolute atomic E-state index is 0. The van der Waals surface area contributed by atoms with Crippen molar-refractivity contribution in [2.24, 2.45) is 10.7 Å². The number of rotatable bonds is 7. The van der Waals surface area contributed by atoms with Crippen LogP contribution < -0.4 is 11.1 Å². The summed E-state index contributed by atoms with van der Waals surface area (Å²) in [6.07, 6.45) is 5.19. The average Bonchev–Trinajstić information content (AvgIpc) is 3.31. The van der Waals surface area contributed by atoms with Crippen LogP contribution >= 0.6 is 35.3 Å². The molecule has 7 heteroatoms. The molecule has 1 aliphatic rings. The molecular weight excluding hydrogens is 435 g/mol. The Hall–Kier alpha value is -1.06. The van der Waals surface area contributed by atoms with E-state index in [1.165, 1.54) is 17.7 Å². The number of furan rings is 1. The zero-order valence-electron chi connectivity index (χ0n) is 13.7. The predicted octanol–water partition coefficient (Wildman–Crippen LogP) is 3.24. The molecule has 1 unspecified atom stereocenters. The molecule has 2 aromatic rings. The number of hydrogen-bond acceptors (Lipinski definition) is 4. The van der Waals surface area contributed by atoms with Gasteiger partial charge in [0.1, 0.15) is 5.76 Å². The number of halogens is 1. The van der Waals surface area contributed by atoms with Gasteiger partial charge in [-0.25, -0.2) is 0 Å². The molecule has 0 radical (unpaired) electrons. The summed E-state index contributed by atoms with van der Waals surface area (Å²) in [4.78, 5) is 8.32. The van der Waals surface area contributed by atoms with E-state index in [1.807, 2.05) is 12.1 Å². The van der Waals surface area contributed by atoms with Crippen LogP contribution in [0.25, 0.3) is 0 Å². The molecule has 1 saturated heterocycles. The summed E-state index contributed by atoms with van der Waals surface area (Å²) < 4.78 is 5.60. The van der Waals surface area contributed by atoms with Crippen molar-refractivity contribution in [2.75, 3.05) is 26.2 Å². The lowest BCUT2D eigenvalue weighted by Crippen LogP contribution is -2.35. The highest BCUT2D eigenvalue weighted by Crippen LogP contribution is 2.25. The van der Waals surface area contributed by atoms with Gasteiger partial charge in [-0.15, -0.1) is 35.3 Å². The van der Waals surface area contributed by atoms with Gasteiger partial charge in [0.15, 0.2) is 5.96 Å². The van der Waals surface area contributed by atoms with E-state index in [4.69, 9.17) is 10.2 Å². The standard InChI is InChI=1S/C17H24N4OS.HI/c18-17(19-8-7-14-5-4-12-23-14)20-13-15(16-6-3-11-22-16)21-9-1-2-10-21;/h3-6,11-12,15H,1-2,7-10,13H2,(H3,18,19,20);1H. The molecule has 0 bridgehead atoms. The molecule has 3 rings (SSSR count). The Kier molecular flexibility index (Phi) is 8.07. The SMILES string of the molecule is I.NC(=NCC(c1ccco1)N1CCCC1)NCCc1cccs1. The molecule has 0 saturated carbocycles. The van der Waals surface area contributed by atoms with Crippen molar-refractivity contribution in [3.05, 3.63) is 46.5 Å². The van der Waals surface area contributed by atoms with Crippen LogP contribution in [0, 0.1) is 0 Å². The molecule has 1 fully saturated rings. The van der Waals surface area contributed by atoms with Crippen LogP contribution in [0.4, 0.5) is 0 Å². The molecule has 0 spiro atoms. The molecule has 3 heterocycles. The van der Waals surface area contributed by atoms with Gasteiger partial charge in [-0.1, -0.05) is 6.07 Å². The first-order valence-corrected chi connectivity index (χ1v) is 9.04. The van der Waals surface area contributed by atoms with Crippen LogP contribution in [-0.4, -0.2) is 37.0 Å². The molecule has 1 atom stereocenters. The Labute approximate surface area is 164 Å². The highest BCUT2D eigenvalue weighted by atomic mass is 127. The van der Waals surface area contributed by atoms with E-state index >= 15 is 0 Å². The Morgan fingerprint density at radius 3 is 2.83 bits per heavy atom. The summed E-state index contributed by atoms with van der Waals surface area (Å²) in [5, 5.41) is 5.29. The number of nitrogens with two attached hydrogens (primary N) is 1. The third-order valence-electron chi connectivity index (χ3n) is 4.15. The first-order valence-electron chi connectivity index (χ1n) is 8.16. The fourth-order valence-corrected chi connectivity index (χ4v) is 3.64. The summed E-state index contributed by atoms with van der Waals surface area (Å²) in [6.45, 7) is 3.65. The summed E-state index contributed by atoms with van der Waals surface area (Å²) >= 11 is 1.77. The number of guanidine groups is 1. The number of likely N-dealkylation sites (tertiary alicyclic amines) is 1. The minimum Gasteiger partial charge on any atom is -0.468 e. The van der Waals surface area contributed by atoms with E-state index in [1.54, 1.807) is 17.6 Å². The molecular formula is C17H25IN4OS. The van der Waals surface area contributed by atoms with Gasteiger partial charge in [-0.05, 0) is 55.9 Å². The molecule has 1 aliphatic heterocycles. The zero-order chi connectivity index (χ0) is 15.9. The van der Waals surface area contributed by atoms with Gasteiger partial charge in [-0.2, -0.15) is 0 Å². The largest absolute Gasteiger partial charge is 0.468 e. The van der Waals surface area contributed by atoms with Crippen LogP contribution in [0.3, 0.4) is 0 Å². The lowest BCUT2D eigenvalue weighted by atomic mass is 10.2. The smallest absolute Gasteiger partial charge is 0.188 e. The first kappa shape index (κ1) is 19.3. The van der Waals surface area contributed by atoms with E-state index in [-0.39, 0.29) is 30.0 Å². The number of hydrogen-bond donors (Lipinski definition) is 2. The van der Waals surface area contributed by atoms with Crippen LogP contribution in [0.2, 0.25) is 0 Å². The normalized spacial score (nSPS) is 16.8. The van der Waals surface area contributed by atoms with Crippen LogP contribution in [0.1, 0.15) is 29.5 Å². The van der Waals surface area contributed by atoms with Crippen molar-refractivity contribution < 1.29 is 4.42 Å². The third-order valence-corrected chi connectivity index (χ3v) is 5.08. The second-order valence-electron chi connectivity index (χ2n) is 5.76. The van der Waals surface area contributed by atoms with E-state index in [2.05, 4.69) is 32.7 Å². The van der Waals surface area contributed by atoms with Crippen molar-refractivity contribution in [2.45, 2.75) is 25.3 Å². The summed E-state index contributed by atoms with van der Waals surface area (Å²) in [7, 11) is 0. The van der Waals surface area contributed by atoms with Gasteiger partial charge < -0.3 is 15.5 Å². The Morgan fingerprint density at radius 1 is 1.33 bits per heavy atom. The van der Waals surface area contributed by atoms with E-state index in [0.717, 1.165) is 31.8 Å². The quantitative estimate of drug-likeness (QED) is 0.378. The fourth-order valence-electron chi connectivity index (χ4n) is 2.93. The summed E-state index contributed by atoms with van der Waals surface area (Å²) in [5.74, 6) is 1.49. The van der Waals surface area contributed by atoms with E-state index in [9.17, 15) is 0 Å². The van der Waals surface area contributed by atoms with Gasteiger partial charge in [0.05, 0.1) is 18.8 Å². The molecule has 0 aliphatic carbocycles. The second kappa shape index (κ2) is 10.0. The van der Waals surface area contributed by atoms with Crippen molar-refractivity contribution in [3.63, 3.8) is 0 Å². The summed E-state index contributed by atoms with van der Waals surface area (Å²) in [5.41, 5.74) is 6.01. The van der Waals surface area contributed by atoms with Crippen LogP contribution in [-0.2, 0) is 6.42 Å². The molecule has 24 heavy (non-hydrogen) atoms. The maximum absolute atomic E-state index is 6.01. The number of nitrogens with one attached hydrogen (secondary N) is 1. The molecule has 0 aromatic carbocycles. The number of thiophene rings is 1. The average molecular weight is 460 g/mol. The minimum atomic E-state index is 0. The van der Waals surface area contributed by atoms with E-state index < -0.39 is 0 Å². The van der Waals surface area contributed by atoms with Crippen molar-refractivity contribution in [1.29, 1.82) is 0 Å². The fraction of sp³-hybridized carbons (Fsp3) is 0.471. The highest BCUT2D eigenvalue weighted by molar-refractivity contribution is 14.0. The van der Waals surface area contributed by atoms with Crippen molar-refractivity contribution >= 4 is 41.3 Å². The van der Waals surface area contributed by atoms with Gasteiger partial charge in [0.2, 0.25) is 0 Å². The maximum atomic E-state index is 6.01. The lowest BCUT2D eigenvalue weighted by Gasteiger charge is -2.24. The molecule has 5 nitrogen and oxygen atoms in total. The maximum Gasteiger partial charge on any atom is 0.188 e. The van der Waals surface area contributed by atoms with Crippen molar-refractivity contribution in [1.82, 2.24) is 10.2 Å². The lowest BCUT2D eigenvalue weighted by molar-refractivity contribution is 0.221. The van der Waals surface area contributed by atoms with Crippen LogP contribution in [0.5, 0.6) is 0 Å². The monoisotopic (exact) mass is 460 g/mol. The number of aliphatic imine (C=N–C) groups is 1. The highest BCUT2D eigenvalue weighted by Gasteiger charge is 2.25. The van der Waals surface area contributed by atoms with E-state index in [0.29, 0.717) is 12.5 Å². The predicted molar refractivity (Wildman–Crippen MR) is 110 cm³/mol. The molecule has 3 N–H and O–H groups in total. The second-order valence-corrected chi connectivity index (χ2v) is 6.79. The Balaban J connectivity index is 0.00000208. The van der Waals surface area contributed by atoms with Gasteiger partial charge in [-0.3, -0.25) is 9.89 Å². The molecule has 0 amide bonds. The van der Waals surface area contributed by atoms with Gasteiger partial charge in [0, 0.05) is 11.4 Å². The van der Waals surface area contributed by atoms with Crippen LogP contribution in [0.15, 0.2) is 45.3 Å². The van der Waals surface area contributed by atoms with Gasteiger partial charge in [0.25, 0.3) is 0 Å². The molecule has 132 valence electrons. The molecule has 2 aromatic heterocycles.